The first kappa shape index (κ1) is 28.8. The lowest BCUT2D eigenvalue weighted by Crippen LogP contribution is -2.01. The molecule has 7 heteroatoms. The molecule has 11 aromatic rings. The van der Waals surface area contributed by atoms with Crippen molar-refractivity contribution in [2.24, 2.45) is 0 Å². The largest absolute Gasteiger partial charge is 0.309 e. The van der Waals surface area contributed by atoms with Crippen molar-refractivity contribution < 1.29 is 8.78 Å². The molecule has 4 heterocycles. The number of nitrogens with zero attached hydrogens (tertiary/aromatic N) is 5. The Labute approximate surface area is 295 Å². The van der Waals surface area contributed by atoms with Gasteiger partial charge < -0.3 is 8.97 Å². The molecule has 52 heavy (non-hydrogen) atoms. The summed E-state index contributed by atoms with van der Waals surface area (Å²) >= 11 is 0. The number of halogens is 2. The Bertz CT molecular complexity index is 3120. The Morgan fingerprint density at radius 2 is 0.923 bits per heavy atom. The maximum absolute atomic E-state index is 14.0. The first-order valence-electron chi connectivity index (χ1n) is 17.1. The number of fused-ring (bicyclic) bond motifs is 5. The molecule has 0 saturated heterocycles. The molecule has 7 aromatic carbocycles. The topological polar surface area (TPSA) is 48.0 Å². The van der Waals surface area contributed by atoms with Crippen molar-refractivity contribution in [1.82, 2.24) is 23.9 Å². The lowest BCUT2D eigenvalue weighted by atomic mass is 10.0. The highest BCUT2D eigenvalue weighted by molar-refractivity contribution is 6.31. The highest BCUT2D eigenvalue weighted by Gasteiger charge is 2.24. The number of hydrogen-bond donors (Lipinski definition) is 0. The summed E-state index contributed by atoms with van der Waals surface area (Å²) in [7, 11) is 0. The summed E-state index contributed by atoms with van der Waals surface area (Å²) in [5.41, 5.74) is 8.64. The molecule has 4 aromatic heterocycles. The van der Waals surface area contributed by atoms with E-state index in [1.165, 1.54) is 35.0 Å². The molecule has 0 aliphatic heterocycles. The average molecular weight is 674 g/mol. The second-order valence-electron chi connectivity index (χ2n) is 13.1. The van der Waals surface area contributed by atoms with E-state index in [0.717, 1.165) is 60.4 Å². The van der Waals surface area contributed by atoms with Gasteiger partial charge in [0.2, 0.25) is 0 Å². The van der Waals surface area contributed by atoms with Crippen LogP contribution >= 0.6 is 0 Å². The number of benzene rings is 7. The molecule has 0 amide bonds. The molecule has 11 rings (SSSR count). The van der Waals surface area contributed by atoms with Gasteiger partial charge in [0.1, 0.15) is 11.6 Å². The zero-order valence-corrected chi connectivity index (χ0v) is 27.4. The van der Waals surface area contributed by atoms with Gasteiger partial charge >= 0.3 is 0 Å². The van der Waals surface area contributed by atoms with E-state index in [1.54, 1.807) is 24.3 Å². The van der Waals surface area contributed by atoms with Gasteiger partial charge in [-0.15, -0.1) is 0 Å². The second kappa shape index (κ2) is 10.8. The van der Waals surface area contributed by atoms with Gasteiger partial charge in [-0.05, 0) is 96.4 Å². The summed E-state index contributed by atoms with van der Waals surface area (Å²) in [5.74, 6) is 0.537. The van der Waals surface area contributed by atoms with Crippen LogP contribution in [-0.2, 0) is 0 Å². The van der Waals surface area contributed by atoms with Gasteiger partial charge in [-0.25, -0.2) is 23.7 Å². The van der Waals surface area contributed by atoms with Crippen LogP contribution in [0.15, 0.2) is 152 Å². The Balaban J connectivity index is 1.33. The fourth-order valence-corrected chi connectivity index (χ4v) is 8.00. The van der Waals surface area contributed by atoms with Crippen molar-refractivity contribution in [2.45, 2.75) is 0 Å². The van der Waals surface area contributed by atoms with Crippen LogP contribution in [0.25, 0.3) is 99.8 Å². The van der Waals surface area contributed by atoms with Gasteiger partial charge in [-0.3, -0.25) is 0 Å². The summed E-state index contributed by atoms with van der Waals surface area (Å²) in [6.45, 7) is 0. The molecule has 0 fully saturated rings. The molecule has 0 atom stereocenters. The maximum atomic E-state index is 14.0. The van der Waals surface area contributed by atoms with E-state index < -0.39 is 0 Å². The smallest absolute Gasteiger partial charge is 0.164 e. The molecule has 0 saturated carbocycles. The molecule has 244 valence electrons. The van der Waals surface area contributed by atoms with Crippen molar-refractivity contribution in [2.75, 3.05) is 0 Å². The summed E-state index contributed by atoms with van der Waals surface area (Å²) in [4.78, 5) is 14.8. The number of rotatable bonds is 4. The minimum atomic E-state index is -0.350. The van der Waals surface area contributed by atoms with Crippen LogP contribution in [0, 0.1) is 11.6 Å². The zero-order valence-electron chi connectivity index (χ0n) is 27.4. The van der Waals surface area contributed by atoms with Crippen molar-refractivity contribution >= 4 is 59.9 Å². The summed E-state index contributed by atoms with van der Waals surface area (Å²) in [5, 5.41) is 6.86. The van der Waals surface area contributed by atoms with Crippen LogP contribution in [-0.4, -0.2) is 23.9 Å². The average Bonchev–Trinajstić information content (AvgIpc) is 3.67. The van der Waals surface area contributed by atoms with E-state index in [4.69, 9.17) is 15.0 Å². The molecule has 0 aliphatic rings. The summed E-state index contributed by atoms with van der Waals surface area (Å²) in [6, 6.07) is 48.7. The Hall–Kier alpha value is -6.99. The van der Waals surface area contributed by atoms with Crippen molar-refractivity contribution in [3.8, 4) is 39.9 Å². The van der Waals surface area contributed by atoms with Crippen LogP contribution in [0.5, 0.6) is 0 Å². The number of hydrogen-bond acceptors (Lipinski definition) is 3. The van der Waals surface area contributed by atoms with Crippen LogP contribution in [0.3, 0.4) is 0 Å². The van der Waals surface area contributed by atoms with E-state index in [-0.39, 0.29) is 11.6 Å². The summed E-state index contributed by atoms with van der Waals surface area (Å²) in [6.07, 6.45) is 0. The standard InChI is InChI=1S/C45H25F2N5/c46-29-20-16-26(17-21-29)43-48-44(27-18-22-30(47)23-19-27)50-45(49-43)28-24-35-34-12-6-11-33-32-10-4-5-13-36(32)52(42(33)34)38-15-7-14-37-41(38)40(35)39(25-28)51(37)31-8-2-1-3-9-31/h1-25H. The fourth-order valence-electron chi connectivity index (χ4n) is 8.00. The molecule has 0 unspecified atom stereocenters. The monoisotopic (exact) mass is 673 g/mol. The fraction of sp³-hybridized carbons (Fsp3) is 0. The molecular formula is C45H25F2N5. The van der Waals surface area contributed by atoms with Gasteiger partial charge in [0.15, 0.2) is 17.5 Å². The second-order valence-corrected chi connectivity index (χ2v) is 13.1. The molecule has 0 aliphatic carbocycles. The zero-order chi connectivity index (χ0) is 34.5. The number of para-hydroxylation sites is 3. The predicted octanol–water partition coefficient (Wildman–Crippen LogP) is 11.4. The van der Waals surface area contributed by atoms with Gasteiger partial charge in [0.25, 0.3) is 0 Å². The SMILES string of the molecule is Fc1ccc(-c2nc(-c3ccc(F)cc3)nc(-c3cc4c5cccc6c7ccccc7n(c7cccc8c7c4c(c3)n8-c3ccccc3)c56)n2)cc1. The molecule has 0 N–H and O–H groups in total. The van der Waals surface area contributed by atoms with Gasteiger partial charge in [0.05, 0.1) is 27.6 Å². The minimum Gasteiger partial charge on any atom is -0.309 e. The van der Waals surface area contributed by atoms with Crippen molar-refractivity contribution in [1.29, 1.82) is 0 Å². The predicted molar refractivity (Wildman–Crippen MR) is 205 cm³/mol. The molecule has 0 bridgehead atoms. The lowest BCUT2D eigenvalue weighted by molar-refractivity contribution is 0.627. The summed E-state index contributed by atoms with van der Waals surface area (Å²) < 4.78 is 32.8. The van der Waals surface area contributed by atoms with Crippen molar-refractivity contribution in [3.05, 3.63) is 163 Å². The molecular weight excluding hydrogens is 649 g/mol. The maximum Gasteiger partial charge on any atom is 0.164 e. The third-order valence-electron chi connectivity index (χ3n) is 10.2. The minimum absolute atomic E-state index is 0.350. The highest BCUT2D eigenvalue weighted by atomic mass is 19.1. The van der Waals surface area contributed by atoms with Crippen LogP contribution in [0.1, 0.15) is 0 Å². The Kier molecular flexibility index (Phi) is 5.96. The normalized spacial score (nSPS) is 12.0. The van der Waals surface area contributed by atoms with Gasteiger partial charge in [-0.2, -0.15) is 0 Å². The van der Waals surface area contributed by atoms with Gasteiger partial charge in [-0.1, -0.05) is 60.7 Å². The third-order valence-corrected chi connectivity index (χ3v) is 10.2. The van der Waals surface area contributed by atoms with E-state index in [2.05, 4.69) is 106 Å². The molecule has 0 radical (unpaired) electrons. The van der Waals surface area contributed by atoms with Crippen LogP contribution < -0.4 is 0 Å². The highest BCUT2D eigenvalue weighted by Crippen LogP contribution is 2.45. The number of aromatic nitrogens is 5. The van der Waals surface area contributed by atoms with E-state index in [0.29, 0.717) is 28.6 Å². The van der Waals surface area contributed by atoms with Crippen molar-refractivity contribution in [3.63, 3.8) is 0 Å². The lowest BCUT2D eigenvalue weighted by Gasteiger charge is -2.12. The Morgan fingerprint density at radius 1 is 0.385 bits per heavy atom. The van der Waals surface area contributed by atoms with E-state index in [9.17, 15) is 8.78 Å². The van der Waals surface area contributed by atoms with Crippen LogP contribution in [0.4, 0.5) is 8.78 Å². The van der Waals surface area contributed by atoms with Crippen LogP contribution in [0.2, 0.25) is 0 Å². The first-order chi connectivity index (χ1) is 25.6. The molecule has 0 spiro atoms. The van der Waals surface area contributed by atoms with Gasteiger partial charge in [0, 0.05) is 49.3 Å². The van der Waals surface area contributed by atoms with E-state index in [1.807, 2.05) is 6.07 Å². The van der Waals surface area contributed by atoms with E-state index >= 15 is 0 Å². The quantitative estimate of drug-likeness (QED) is 0.187. The third kappa shape index (κ3) is 4.10. The Morgan fingerprint density at radius 3 is 1.62 bits per heavy atom. The molecule has 5 nitrogen and oxygen atoms in total. The first-order valence-corrected chi connectivity index (χ1v) is 17.1.